The molecular formula is C15H26N4O2S. The lowest BCUT2D eigenvalue weighted by atomic mass is 10.2. The molecule has 0 radical (unpaired) electrons. The lowest BCUT2D eigenvalue weighted by molar-refractivity contribution is -0.140. The molecule has 0 saturated carbocycles. The van der Waals surface area contributed by atoms with Crippen molar-refractivity contribution < 1.29 is 9.53 Å². The van der Waals surface area contributed by atoms with Crippen LogP contribution in [-0.4, -0.2) is 43.7 Å². The Morgan fingerprint density at radius 3 is 2.86 bits per heavy atom. The number of carbonyl (C=O) groups excluding carboxylic acids is 1. The Morgan fingerprint density at radius 2 is 2.23 bits per heavy atom. The zero-order valence-corrected chi connectivity index (χ0v) is 14.5. The van der Waals surface area contributed by atoms with E-state index in [1.807, 2.05) is 13.8 Å². The number of aromatic nitrogens is 1. The zero-order valence-electron chi connectivity index (χ0n) is 13.6. The van der Waals surface area contributed by atoms with Crippen LogP contribution in [0.4, 0.5) is 0 Å². The summed E-state index contributed by atoms with van der Waals surface area (Å²) in [6, 6.07) is 0. The molecule has 0 aliphatic carbocycles. The van der Waals surface area contributed by atoms with Crippen LogP contribution in [-0.2, 0) is 16.0 Å². The van der Waals surface area contributed by atoms with E-state index in [2.05, 4.69) is 30.7 Å². The molecule has 0 aliphatic rings. The maximum Gasteiger partial charge on any atom is 0.305 e. The van der Waals surface area contributed by atoms with Crippen LogP contribution in [0.1, 0.15) is 36.9 Å². The molecule has 0 amide bonds. The number of nitrogens with zero attached hydrogens (tertiary/aromatic N) is 2. The van der Waals surface area contributed by atoms with Crippen molar-refractivity contribution in [3.05, 3.63) is 16.1 Å². The molecule has 0 atom stereocenters. The number of carbonyl (C=O) groups is 1. The van der Waals surface area contributed by atoms with Crippen LogP contribution >= 0.6 is 11.3 Å². The molecule has 0 bridgehead atoms. The Balaban J connectivity index is 2.24. The van der Waals surface area contributed by atoms with Gasteiger partial charge in [-0.15, -0.1) is 11.3 Å². The SMILES string of the molecule is CCNC(=NCCCCC(=O)OC)NCCc1csc(C)n1. The number of hydrogen-bond donors (Lipinski definition) is 2. The van der Waals surface area contributed by atoms with Gasteiger partial charge in [-0.05, 0) is 26.7 Å². The maximum atomic E-state index is 11.0. The summed E-state index contributed by atoms with van der Waals surface area (Å²) in [5.74, 6) is 0.653. The second-order valence-corrected chi connectivity index (χ2v) is 5.89. The highest BCUT2D eigenvalue weighted by Gasteiger charge is 2.01. The first kappa shape index (κ1) is 18.4. The first-order chi connectivity index (χ1) is 10.7. The number of rotatable bonds is 9. The molecule has 0 fully saturated rings. The molecule has 0 aliphatic heterocycles. The minimum atomic E-state index is -0.160. The summed E-state index contributed by atoms with van der Waals surface area (Å²) in [6.45, 7) is 6.38. The number of esters is 1. The molecular weight excluding hydrogens is 300 g/mol. The summed E-state index contributed by atoms with van der Waals surface area (Å²) in [6.07, 6.45) is 3.01. The van der Waals surface area contributed by atoms with Gasteiger partial charge >= 0.3 is 5.97 Å². The highest BCUT2D eigenvalue weighted by Crippen LogP contribution is 2.07. The fourth-order valence-corrected chi connectivity index (χ4v) is 2.49. The van der Waals surface area contributed by atoms with Crippen molar-refractivity contribution in [1.29, 1.82) is 0 Å². The summed E-state index contributed by atoms with van der Waals surface area (Å²) in [5, 5.41) is 9.71. The molecule has 0 unspecified atom stereocenters. The van der Waals surface area contributed by atoms with Gasteiger partial charge in [0.05, 0.1) is 17.8 Å². The molecule has 1 rings (SSSR count). The Bertz CT molecular complexity index is 474. The van der Waals surface area contributed by atoms with Crippen LogP contribution in [0.3, 0.4) is 0 Å². The predicted molar refractivity (Wildman–Crippen MR) is 90.4 cm³/mol. The standard InChI is InChI=1S/C15H26N4O2S/c1-4-16-15(17-9-6-5-7-14(20)21-3)18-10-8-13-11-22-12(2)19-13/h11H,4-10H2,1-3H3,(H2,16,17,18). The maximum absolute atomic E-state index is 11.0. The summed E-state index contributed by atoms with van der Waals surface area (Å²) < 4.78 is 4.61. The van der Waals surface area contributed by atoms with Crippen molar-refractivity contribution in [3.8, 4) is 0 Å². The second kappa shape index (κ2) is 11.0. The van der Waals surface area contributed by atoms with Gasteiger partial charge < -0.3 is 15.4 Å². The fraction of sp³-hybridized carbons (Fsp3) is 0.667. The van der Waals surface area contributed by atoms with Gasteiger partial charge in [-0.1, -0.05) is 0 Å². The first-order valence-electron chi connectivity index (χ1n) is 7.65. The van der Waals surface area contributed by atoms with Gasteiger partial charge in [0.1, 0.15) is 0 Å². The molecule has 0 spiro atoms. The third kappa shape index (κ3) is 7.97. The van der Waals surface area contributed by atoms with Gasteiger partial charge in [-0.25, -0.2) is 4.98 Å². The lowest BCUT2D eigenvalue weighted by Gasteiger charge is -2.10. The summed E-state index contributed by atoms with van der Waals surface area (Å²) in [4.78, 5) is 19.9. The summed E-state index contributed by atoms with van der Waals surface area (Å²) >= 11 is 1.67. The molecule has 1 aromatic heterocycles. The summed E-state index contributed by atoms with van der Waals surface area (Å²) in [7, 11) is 1.41. The molecule has 1 heterocycles. The van der Waals surface area contributed by atoms with Crippen molar-refractivity contribution in [2.24, 2.45) is 4.99 Å². The van der Waals surface area contributed by atoms with Crippen LogP contribution < -0.4 is 10.6 Å². The van der Waals surface area contributed by atoms with Crippen molar-refractivity contribution in [3.63, 3.8) is 0 Å². The number of thiazole rings is 1. The highest BCUT2D eigenvalue weighted by atomic mass is 32.1. The Labute approximate surface area is 136 Å². The number of guanidine groups is 1. The lowest BCUT2D eigenvalue weighted by Crippen LogP contribution is -2.38. The van der Waals surface area contributed by atoms with E-state index in [9.17, 15) is 4.79 Å². The van der Waals surface area contributed by atoms with Gasteiger partial charge in [0, 0.05) is 37.9 Å². The molecule has 2 N–H and O–H groups in total. The van der Waals surface area contributed by atoms with E-state index in [0.29, 0.717) is 13.0 Å². The van der Waals surface area contributed by atoms with Gasteiger partial charge in [-0.2, -0.15) is 0 Å². The molecule has 7 heteroatoms. The number of unbranched alkanes of at least 4 members (excludes halogenated alkanes) is 1. The Kier molecular flexibility index (Phi) is 9.21. The Hall–Kier alpha value is -1.63. The van der Waals surface area contributed by atoms with Crippen molar-refractivity contribution >= 4 is 23.3 Å². The molecule has 124 valence electrons. The molecule has 0 saturated heterocycles. The van der Waals surface area contributed by atoms with E-state index >= 15 is 0 Å². The van der Waals surface area contributed by atoms with Gasteiger partial charge in [-0.3, -0.25) is 9.79 Å². The Morgan fingerprint density at radius 1 is 1.41 bits per heavy atom. The molecule has 1 aromatic rings. The van der Waals surface area contributed by atoms with Gasteiger partial charge in [0.2, 0.25) is 0 Å². The summed E-state index contributed by atoms with van der Waals surface area (Å²) in [5.41, 5.74) is 1.11. The van der Waals surface area contributed by atoms with Crippen LogP contribution in [0.15, 0.2) is 10.4 Å². The zero-order chi connectivity index (χ0) is 16.2. The highest BCUT2D eigenvalue weighted by molar-refractivity contribution is 7.09. The number of nitrogens with one attached hydrogen (secondary N) is 2. The van der Waals surface area contributed by atoms with E-state index < -0.39 is 0 Å². The second-order valence-electron chi connectivity index (χ2n) is 4.83. The predicted octanol–water partition coefficient (Wildman–Crippen LogP) is 1.89. The number of aliphatic imine (C=N–C) groups is 1. The van der Waals surface area contributed by atoms with Crippen molar-refractivity contribution in [1.82, 2.24) is 15.6 Å². The normalized spacial score (nSPS) is 11.3. The van der Waals surface area contributed by atoms with E-state index in [4.69, 9.17) is 0 Å². The monoisotopic (exact) mass is 326 g/mol. The molecule has 6 nitrogen and oxygen atoms in total. The topological polar surface area (TPSA) is 75.6 Å². The van der Waals surface area contributed by atoms with Gasteiger partial charge in [0.15, 0.2) is 5.96 Å². The van der Waals surface area contributed by atoms with Crippen LogP contribution in [0, 0.1) is 6.92 Å². The van der Waals surface area contributed by atoms with E-state index in [-0.39, 0.29) is 5.97 Å². The minimum absolute atomic E-state index is 0.160. The molecule has 0 aromatic carbocycles. The van der Waals surface area contributed by atoms with Crippen molar-refractivity contribution in [2.75, 3.05) is 26.7 Å². The number of hydrogen-bond acceptors (Lipinski definition) is 5. The third-order valence-corrected chi connectivity index (χ3v) is 3.79. The smallest absolute Gasteiger partial charge is 0.305 e. The minimum Gasteiger partial charge on any atom is -0.469 e. The first-order valence-corrected chi connectivity index (χ1v) is 8.53. The average Bonchev–Trinajstić information content (AvgIpc) is 2.92. The quantitative estimate of drug-likeness (QED) is 0.314. The van der Waals surface area contributed by atoms with Crippen LogP contribution in [0.2, 0.25) is 0 Å². The van der Waals surface area contributed by atoms with E-state index in [0.717, 1.165) is 49.0 Å². The largest absolute Gasteiger partial charge is 0.469 e. The van der Waals surface area contributed by atoms with E-state index in [1.165, 1.54) is 7.11 Å². The van der Waals surface area contributed by atoms with Crippen LogP contribution in [0.25, 0.3) is 0 Å². The molecule has 22 heavy (non-hydrogen) atoms. The third-order valence-electron chi connectivity index (χ3n) is 2.97. The van der Waals surface area contributed by atoms with E-state index in [1.54, 1.807) is 11.3 Å². The number of ether oxygens (including phenoxy) is 1. The number of aryl methyl sites for hydroxylation is 1. The average molecular weight is 326 g/mol. The number of methoxy groups -OCH3 is 1. The van der Waals surface area contributed by atoms with Crippen LogP contribution in [0.5, 0.6) is 0 Å². The van der Waals surface area contributed by atoms with Gasteiger partial charge in [0.25, 0.3) is 0 Å². The fourth-order valence-electron chi connectivity index (χ4n) is 1.85. The van der Waals surface area contributed by atoms with Crippen molar-refractivity contribution in [2.45, 2.75) is 39.5 Å².